The molecule has 1 aliphatic rings. The zero-order valence-corrected chi connectivity index (χ0v) is 17.6. The van der Waals surface area contributed by atoms with Crippen LogP contribution in [0.25, 0.3) is 0 Å². The molecule has 7 nitrogen and oxygen atoms in total. The number of thiocarbonyl (C=S) groups is 1. The van der Waals surface area contributed by atoms with Crippen molar-refractivity contribution in [1.82, 2.24) is 10.2 Å². The molecule has 1 heterocycles. The molecular weight excluding hydrogens is 402 g/mol. The molecule has 8 heteroatoms. The van der Waals surface area contributed by atoms with Crippen molar-refractivity contribution in [2.45, 2.75) is 25.9 Å². The fourth-order valence-corrected chi connectivity index (χ4v) is 3.69. The lowest BCUT2D eigenvalue weighted by atomic mass is 10.1. The van der Waals surface area contributed by atoms with Crippen LogP contribution in [0, 0.1) is 0 Å². The van der Waals surface area contributed by atoms with Gasteiger partial charge >= 0.3 is 5.97 Å². The summed E-state index contributed by atoms with van der Waals surface area (Å²) in [5, 5.41) is 3.51. The molecule has 3 rings (SSSR count). The van der Waals surface area contributed by atoms with Gasteiger partial charge in [-0.3, -0.25) is 9.59 Å². The number of methoxy groups -OCH3 is 1. The third-order valence-corrected chi connectivity index (χ3v) is 5.21. The number of carbonyl (C=O) groups excluding carboxylic acids is 3. The standard InChI is InChI=1S/C22H23N3O4S/c1-3-23-22(30)24(14-15-7-5-4-6-8-15)18-13-19(26)25(20(18)27)17-11-9-16(10-12-17)21(28)29-2/h4-12,18H,3,13-14H2,1-2H3,(H,23,30)/t18-/m1/s1. The van der Waals surface area contributed by atoms with Crippen molar-refractivity contribution >= 4 is 40.8 Å². The maximum atomic E-state index is 13.2. The third-order valence-electron chi connectivity index (χ3n) is 4.83. The maximum Gasteiger partial charge on any atom is 0.337 e. The fraction of sp³-hybridized carbons (Fsp3) is 0.273. The van der Waals surface area contributed by atoms with E-state index in [0.717, 1.165) is 10.5 Å². The first kappa shape index (κ1) is 21.4. The molecule has 1 atom stereocenters. The lowest BCUT2D eigenvalue weighted by molar-refractivity contribution is -0.122. The largest absolute Gasteiger partial charge is 0.465 e. The second kappa shape index (κ2) is 9.49. The van der Waals surface area contributed by atoms with Gasteiger partial charge in [0.25, 0.3) is 5.91 Å². The van der Waals surface area contributed by atoms with Gasteiger partial charge in [0.15, 0.2) is 5.11 Å². The van der Waals surface area contributed by atoms with E-state index in [2.05, 4.69) is 10.1 Å². The number of carbonyl (C=O) groups is 3. The molecule has 30 heavy (non-hydrogen) atoms. The molecule has 0 bridgehead atoms. The Morgan fingerprint density at radius 1 is 1.17 bits per heavy atom. The van der Waals surface area contributed by atoms with E-state index in [-0.39, 0.29) is 18.2 Å². The maximum absolute atomic E-state index is 13.2. The van der Waals surface area contributed by atoms with E-state index in [1.54, 1.807) is 17.0 Å². The number of rotatable bonds is 6. The fourth-order valence-electron chi connectivity index (χ4n) is 3.35. The lowest BCUT2D eigenvalue weighted by Gasteiger charge is -2.30. The summed E-state index contributed by atoms with van der Waals surface area (Å²) in [6, 6.07) is 15.1. The van der Waals surface area contributed by atoms with Gasteiger partial charge in [-0.15, -0.1) is 0 Å². The van der Waals surface area contributed by atoms with Crippen LogP contribution in [-0.4, -0.2) is 47.5 Å². The number of nitrogens with zero attached hydrogens (tertiary/aromatic N) is 2. The van der Waals surface area contributed by atoms with Crippen molar-refractivity contribution in [3.8, 4) is 0 Å². The van der Waals surface area contributed by atoms with Gasteiger partial charge in [-0.05, 0) is 49.0 Å². The van der Waals surface area contributed by atoms with Crippen molar-refractivity contribution < 1.29 is 19.1 Å². The number of benzene rings is 2. The van der Waals surface area contributed by atoms with Crippen LogP contribution in [0.2, 0.25) is 0 Å². The van der Waals surface area contributed by atoms with Crippen LogP contribution in [0.5, 0.6) is 0 Å². The molecule has 1 N–H and O–H groups in total. The summed E-state index contributed by atoms with van der Waals surface area (Å²) in [6.45, 7) is 2.94. The molecular formula is C22H23N3O4S. The van der Waals surface area contributed by atoms with Gasteiger partial charge in [-0.2, -0.15) is 0 Å². The van der Waals surface area contributed by atoms with Crippen molar-refractivity contribution in [2.75, 3.05) is 18.6 Å². The smallest absolute Gasteiger partial charge is 0.337 e. The molecule has 2 aromatic carbocycles. The highest BCUT2D eigenvalue weighted by atomic mass is 32.1. The highest BCUT2D eigenvalue weighted by molar-refractivity contribution is 7.80. The molecule has 0 radical (unpaired) electrons. The highest BCUT2D eigenvalue weighted by Crippen LogP contribution is 2.27. The monoisotopic (exact) mass is 425 g/mol. The summed E-state index contributed by atoms with van der Waals surface area (Å²) in [6.07, 6.45) is 0.0238. The molecule has 0 aliphatic carbocycles. The molecule has 0 spiro atoms. The predicted octanol–water partition coefficient (Wildman–Crippen LogP) is 2.50. The molecule has 2 amide bonds. The predicted molar refractivity (Wildman–Crippen MR) is 117 cm³/mol. The quantitative estimate of drug-likeness (QED) is 0.433. The van der Waals surface area contributed by atoms with E-state index in [9.17, 15) is 14.4 Å². The molecule has 1 fully saturated rings. The molecule has 1 saturated heterocycles. The van der Waals surface area contributed by atoms with Crippen LogP contribution in [0.4, 0.5) is 5.69 Å². The normalized spacial score (nSPS) is 15.8. The summed E-state index contributed by atoms with van der Waals surface area (Å²) in [5.41, 5.74) is 1.74. The van der Waals surface area contributed by atoms with E-state index < -0.39 is 12.0 Å². The highest BCUT2D eigenvalue weighted by Gasteiger charge is 2.43. The summed E-state index contributed by atoms with van der Waals surface area (Å²) in [4.78, 5) is 40.5. The number of hydrogen-bond donors (Lipinski definition) is 1. The number of ether oxygens (including phenoxy) is 1. The van der Waals surface area contributed by atoms with Crippen LogP contribution in [0.1, 0.15) is 29.3 Å². The topological polar surface area (TPSA) is 79.0 Å². The molecule has 1 aliphatic heterocycles. The number of nitrogens with one attached hydrogen (secondary N) is 1. The second-order valence-electron chi connectivity index (χ2n) is 6.77. The van der Waals surface area contributed by atoms with Gasteiger partial charge in [-0.1, -0.05) is 30.3 Å². The first-order valence-electron chi connectivity index (χ1n) is 9.59. The number of hydrogen-bond acceptors (Lipinski definition) is 5. The average Bonchev–Trinajstić information content (AvgIpc) is 3.06. The average molecular weight is 426 g/mol. The van der Waals surface area contributed by atoms with Gasteiger partial charge in [0.2, 0.25) is 5.91 Å². The van der Waals surface area contributed by atoms with Crippen molar-refractivity contribution in [3.63, 3.8) is 0 Å². The van der Waals surface area contributed by atoms with Crippen LogP contribution < -0.4 is 10.2 Å². The zero-order chi connectivity index (χ0) is 21.7. The van der Waals surface area contributed by atoms with Crippen LogP contribution in [0.3, 0.4) is 0 Å². The van der Waals surface area contributed by atoms with Crippen molar-refractivity contribution in [2.24, 2.45) is 0 Å². The van der Waals surface area contributed by atoms with Crippen LogP contribution >= 0.6 is 12.2 Å². The van der Waals surface area contributed by atoms with Gasteiger partial charge in [0.1, 0.15) is 6.04 Å². The molecule has 0 saturated carbocycles. The molecule has 156 valence electrons. The van der Waals surface area contributed by atoms with Gasteiger partial charge in [0.05, 0.1) is 24.8 Å². The third kappa shape index (κ3) is 4.49. The number of imide groups is 1. The van der Waals surface area contributed by atoms with Crippen LogP contribution in [-0.2, 0) is 20.9 Å². The number of amides is 2. The van der Waals surface area contributed by atoms with E-state index in [0.29, 0.717) is 29.5 Å². The summed E-state index contributed by atoms with van der Waals surface area (Å²) in [5.74, 6) is -1.14. The number of anilines is 1. The lowest BCUT2D eigenvalue weighted by Crippen LogP contribution is -2.49. The Morgan fingerprint density at radius 3 is 2.43 bits per heavy atom. The SMILES string of the molecule is CCNC(=S)N(Cc1ccccc1)[C@@H]1CC(=O)N(c2ccc(C(=O)OC)cc2)C1=O. The number of esters is 1. The van der Waals surface area contributed by atoms with E-state index in [1.165, 1.54) is 19.2 Å². The Hall–Kier alpha value is -3.26. The van der Waals surface area contributed by atoms with E-state index in [4.69, 9.17) is 12.2 Å². The van der Waals surface area contributed by atoms with Crippen molar-refractivity contribution in [1.29, 1.82) is 0 Å². The Labute approximate surface area is 180 Å². The van der Waals surface area contributed by atoms with E-state index in [1.807, 2.05) is 37.3 Å². The molecule has 2 aromatic rings. The molecule has 0 unspecified atom stereocenters. The first-order chi connectivity index (χ1) is 14.5. The van der Waals surface area contributed by atoms with Crippen molar-refractivity contribution in [3.05, 3.63) is 65.7 Å². The van der Waals surface area contributed by atoms with Gasteiger partial charge in [0, 0.05) is 13.1 Å². The summed E-state index contributed by atoms with van der Waals surface area (Å²) in [7, 11) is 1.29. The van der Waals surface area contributed by atoms with Crippen LogP contribution in [0.15, 0.2) is 54.6 Å². The minimum absolute atomic E-state index is 0.0238. The summed E-state index contributed by atoms with van der Waals surface area (Å²) < 4.78 is 4.68. The first-order valence-corrected chi connectivity index (χ1v) is 10.0. The summed E-state index contributed by atoms with van der Waals surface area (Å²) >= 11 is 5.50. The zero-order valence-electron chi connectivity index (χ0n) is 16.8. The minimum Gasteiger partial charge on any atom is -0.465 e. The van der Waals surface area contributed by atoms with E-state index >= 15 is 0 Å². The molecule has 0 aromatic heterocycles. The van der Waals surface area contributed by atoms with Gasteiger partial charge < -0.3 is 15.0 Å². The Morgan fingerprint density at radius 2 is 1.83 bits per heavy atom. The Bertz CT molecular complexity index is 947. The Balaban J connectivity index is 1.86. The Kier molecular flexibility index (Phi) is 6.79. The second-order valence-corrected chi connectivity index (χ2v) is 7.16. The minimum atomic E-state index is -0.704. The van der Waals surface area contributed by atoms with Gasteiger partial charge in [-0.25, -0.2) is 9.69 Å².